The van der Waals surface area contributed by atoms with Crippen LogP contribution >= 0.6 is 0 Å². The number of hydrogen-bond acceptors (Lipinski definition) is 3. The van der Waals surface area contributed by atoms with Crippen LogP contribution in [-0.4, -0.2) is 49.5 Å². The molecule has 2 aliphatic heterocycles. The molecule has 0 saturated carbocycles. The molecule has 2 aliphatic rings. The highest BCUT2D eigenvalue weighted by atomic mass is 28.4. The Balaban J connectivity index is 1.57. The van der Waals surface area contributed by atoms with Crippen molar-refractivity contribution in [2.75, 3.05) is 13.2 Å². The van der Waals surface area contributed by atoms with E-state index in [0.717, 1.165) is 24.9 Å². The number of nitrogens with zero attached hydrogens (tertiary/aromatic N) is 2. The van der Waals surface area contributed by atoms with Gasteiger partial charge in [-0.15, -0.1) is 0 Å². The van der Waals surface area contributed by atoms with Gasteiger partial charge in [0.15, 0.2) is 8.32 Å². The van der Waals surface area contributed by atoms with E-state index < -0.39 is 8.32 Å². The maximum Gasteiger partial charge on any atom is 0.344 e. The first-order valence-electron chi connectivity index (χ1n) is 9.60. The Morgan fingerprint density at radius 2 is 1.85 bits per heavy atom. The Labute approximate surface area is 158 Å². The first-order valence-corrected chi connectivity index (χ1v) is 12.5. The Hall–Kier alpha value is -1.37. The van der Waals surface area contributed by atoms with Crippen LogP contribution in [-0.2, 0) is 15.9 Å². The van der Waals surface area contributed by atoms with E-state index in [2.05, 4.69) is 33.9 Å². The third-order valence-electron chi connectivity index (χ3n) is 6.10. The van der Waals surface area contributed by atoms with Gasteiger partial charge in [-0.2, -0.15) is 5.06 Å². The van der Waals surface area contributed by atoms with Crippen molar-refractivity contribution in [2.24, 2.45) is 0 Å². The molecule has 2 amide bonds. The summed E-state index contributed by atoms with van der Waals surface area (Å²) in [6.45, 7) is 13.1. The minimum atomic E-state index is -1.80. The molecule has 2 heterocycles. The quantitative estimate of drug-likeness (QED) is 0.691. The van der Waals surface area contributed by atoms with Crippen LogP contribution in [0.1, 0.15) is 39.2 Å². The van der Waals surface area contributed by atoms with Crippen molar-refractivity contribution in [1.29, 1.82) is 0 Å². The highest BCUT2D eigenvalue weighted by Gasteiger charge is 2.46. The number of fused-ring (bicyclic) bond motifs is 2. The smallest absolute Gasteiger partial charge is 0.344 e. The lowest BCUT2D eigenvalue weighted by atomic mass is 10.0. The lowest BCUT2D eigenvalue weighted by molar-refractivity contribution is -0.140. The van der Waals surface area contributed by atoms with Crippen molar-refractivity contribution in [3.63, 3.8) is 0 Å². The lowest BCUT2D eigenvalue weighted by Crippen LogP contribution is -2.48. The summed E-state index contributed by atoms with van der Waals surface area (Å²) in [5.74, 6) is 0. The molecule has 5 nitrogen and oxygen atoms in total. The third kappa shape index (κ3) is 3.97. The van der Waals surface area contributed by atoms with Crippen molar-refractivity contribution < 1.29 is 14.1 Å². The molecule has 3 rings (SSSR count). The van der Waals surface area contributed by atoms with E-state index in [1.54, 1.807) is 5.06 Å². The first kappa shape index (κ1) is 19.4. The second kappa shape index (κ2) is 7.33. The molecule has 2 unspecified atom stereocenters. The largest absolute Gasteiger partial charge is 0.415 e. The summed E-state index contributed by atoms with van der Waals surface area (Å²) in [5.41, 5.74) is 1.08. The molecule has 144 valence electrons. The number of amides is 2. The van der Waals surface area contributed by atoms with E-state index in [0.29, 0.717) is 13.2 Å². The van der Waals surface area contributed by atoms with Gasteiger partial charge in [0.05, 0.1) is 18.7 Å². The molecule has 0 radical (unpaired) electrons. The summed E-state index contributed by atoms with van der Waals surface area (Å²) < 4.78 is 6.38. The highest BCUT2D eigenvalue weighted by molar-refractivity contribution is 6.74. The normalized spacial score (nSPS) is 23.7. The number of urea groups is 1. The van der Waals surface area contributed by atoms with Crippen LogP contribution in [0.15, 0.2) is 30.3 Å². The fourth-order valence-electron chi connectivity index (χ4n) is 3.29. The summed E-state index contributed by atoms with van der Waals surface area (Å²) >= 11 is 0. The Morgan fingerprint density at radius 3 is 2.50 bits per heavy atom. The number of carbonyl (C=O) groups excluding carboxylic acids is 1. The van der Waals surface area contributed by atoms with E-state index in [1.165, 1.54) is 0 Å². The third-order valence-corrected chi connectivity index (χ3v) is 10.6. The monoisotopic (exact) mass is 376 g/mol. The molecule has 2 fully saturated rings. The Bertz CT molecular complexity index is 630. The van der Waals surface area contributed by atoms with Crippen molar-refractivity contribution >= 4 is 14.3 Å². The predicted molar refractivity (Wildman–Crippen MR) is 105 cm³/mol. The molecule has 1 aromatic rings. The molecule has 0 aromatic heterocycles. The van der Waals surface area contributed by atoms with Crippen LogP contribution in [0.25, 0.3) is 0 Å². The standard InChI is InChI=1S/C20H32N2O3Si/c1-20(2,3)26(4,5)25-15-18-12-11-17-13-21(18)19(23)22(17)24-14-16-9-7-6-8-10-16/h6-10,17-18H,11-15H2,1-5H3. The van der Waals surface area contributed by atoms with Crippen LogP contribution in [0, 0.1) is 0 Å². The average Bonchev–Trinajstić information content (AvgIpc) is 2.84. The first-order chi connectivity index (χ1) is 12.2. The van der Waals surface area contributed by atoms with Gasteiger partial charge >= 0.3 is 6.03 Å². The van der Waals surface area contributed by atoms with Crippen molar-refractivity contribution in [3.8, 4) is 0 Å². The van der Waals surface area contributed by atoms with Gasteiger partial charge in [0.2, 0.25) is 0 Å². The number of hydrogen-bond donors (Lipinski definition) is 0. The van der Waals surface area contributed by atoms with Gasteiger partial charge < -0.3 is 9.33 Å². The Morgan fingerprint density at radius 1 is 1.15 bits per heavy atom. The highest BCUT2D eigenvalue weighted by Crippen LogP contribution is 2.38. The van der Waals surface area contributed by atoms with Crippen LogP contribution in [0.4, 0.5) is 4.79 Å². The van der Waals surface area contributed by atoms with Gasteiger partial charge in [-0.25, -0.2) is 4.79 Å². The van der Waals surface area contributed by atoms with Crippen LogP contribution in [0.3, 0.4) is 0 Å². The molecule has 0 N–H and O–H groups in total. The van der Waals surface area contributed by atoms with E-state index in [4.69, 9.17) is 9.26 Å². The van der Waals surface area contributed by atoms with Gasteiger partial charge in [0, 0.05) is 6.54 Å². The average molecular weight is 377 g/mol. The molecule has 1 aromatic carbocycles. The summed E-state index contributed by atoms with van der Waals surface area (Å²) in [6.07, 6.45) is 1.96. The molecule has 2 bridgehead atoms. The molecule has 26 heavy (non-hydrogen) atoms. The van der Waals surface area contributed by atoms with E-state index >= 15 is 0 Å². The minimum Gasteiger partial charge on any atom is -0.415 e. The van der Waals surface area contributed by atoms with Gasteiger partial charge in [-0.05, 0) is 36.5 Å². The molecule has 6 heteroatoms. The van der Waals surface area contributed by atoms with Crippen LogP contribution in [0.5, 0.6) is 0 Å². The summed E-state index contributed by atoms with van der Waals surface area (Å²) in [5, 5.41) is 1.78. The topological polar surface area (TPSA) is 42.0 Å². The number of benzene rings is 1. The fraction of sp³-hybridized carbons (Fsp3) is 0.650. The second-order valence-electron chi connectivity index (χ2n) is 8.98. The van der Waals surface area contributed by atoms with Crippen molar-refractivity contribution in [3.05, 3.63) is 35.9 Å². The zero-order chi connectivity index (χ0) is 18.9. The fourth-order valence-corrected chi connectivity index (χ4v) is 4.33. The van der Waals surface area contributed by atoms with E-state index in [9.17, 15) is 4.79 Å². The summed E-state index contributed by atoms with van der Waals surface area (Å²) in [4.78, 5) is 20.6. The van der Waals surface area contributed by atoms with Crippen LogP contribution in [0.2, 0.25) is 18.1 Å². The molecule has 0 aliphatic carbocycles. The van der Waals surface area contributed by atoms with E-state index in [1.807, 2.05) is 35.2 Å². The maximum atomic E-state index is 12.8. The van der Waals surface area contributed by atoms with Gasteiger partial charge in [0.25, 0.3) is 0 Å². The zero-order valence-corrected chi connectivity index (χ0v) is 17.7. The van der Waals surface area contributed by atoms with Gasteiger partial charge in [0.1, 0.15) is 6.61 Å². The molecule has 2 saturated heterocycles. The predicted octanol–water partition coefficient (Wildman–Crippen LogP) is 4.41. The number of hydroxylamine groups is 2. The minimum absolute atomic E-state index is 0.00716. The summed E-state index contributed by atoms with van der Waals surface area (Å²) in [6, 6.07) is 10.3. The van der Waals surface area contributed by atoms with E-state index in [-0.39, 0.29) is 23.2 Å². The number of carbonyl (C=O) groups is 1. The number of rotatable bonds is 6. The molecular formula is C20H32N2O3Si. The molecular weight excluding hydrogens is 344 g/mol. The van der Waals surface area contributed by atoms with Gasteiger partial charge in [-0.1, -0.05) is 51.1 Å². The SMILES string of the molecule is CC(C)(C)[Si](C)(C)OCC1CCC2CN1C(=O)N2OCc1ccccc1. The maximum absolute atomic E-state index is 12.8. The Kier molecular flexibility index (Phi) is 5.47. The molecule has 2 atom stereocenters. The lowest BCUT2D eigenvalue weighted by Gasteiger charge is -2.39. The molecule has 0 spiro atoms. The second-order valence-corrected chi connectivity index (χ2v) is 13.8. The zero-order valence-electron chi connectivity index (χ0n) is 16.7. The van der Waals surface area contributed by atoms with Gasteiger partial charge in [-0.3, -0.25) is 4.84 Å². The summed E-state index contributed by atoms with van der Waals surface area (Å²) in [7, 11) is -1.80. The van der Waals surface area contributed by atoms with Crippen LogP contribution < -0.4 is 0 Å². The number of piperidine rings is 1. The van der Waals surface area contributed by atoms with Crippen molar-refractivity contribution in [1.82, 2.24) is 9.96 Å². The van der Waals surface area contributed by atoms with Crippen molar-refractivity contribution in [2.45, 2.75) is 70.4 Å².